The van der Waals surface area contributed by atoms with Gasteiger partial charge in [-0.15, -0.1) is 95.9 Å². The van der Waals surface area contributed by atoms with Crippen LogP contribution in [0.4, 0.5) is 0 Å². The summed E-state index contributed by atoms with van der Waals surface area (Å²) in [4.78, 5) is 0. The van der Waals surface area contributed by atoms with Crippen molar-refractivity contribution in [2.24, 2.45) is 11.5 Å². The van der Waals surface area contributed by atoms with Crippen LogP contribution >= 0.6 is 95.9 Å². The van der Waals surface area contributed by atoms with Gasteiger partial charge in [0.25, 0.3) is 0 Å². The third kappa shape index (κ3) is 32.3. The summed E-state index contributed by atoms with van der Waals surface area (Å²) in [6.07, 6.45) is 0. The van der Waals surface area contributed by atoms with Gasteiger partial charge in [0.1, 0.15) is 0 Å². The lowest BCUT2D eigenvalue weighted by Crippen LogP contribution is -2.27. The predicted molar refractivity (Wildman–Crippen MR) is 92.6 cm³/mol. The molecule has 0 unspecified atom stereocenters. The van der Waals surface area contributed by atoms with Crippen LogP contribution in [0.1, 0.15) is 0 Å². The standard InChI is InChI=1S/C4H13N3.4HI/c5-1-3-7-4-2-6;;;;/h7H,1-6H2;4*1H. The number of nitrogens with two attached hydrogens (primary N) is 2. The Morgan fingerprint density at radius 2 is 1.00 bits per heavy atom. The van der Waals surface area contributed by atoms with Crippen LogP contribution in [-0.2, 0) is 0 Å². The van der Waals surface area contributed by atoms with Gasteiger partial charge in [0.15, 0.2) is 0 Å². The van der Waals surface area contributed by atoms with Crippen LogP contribution in [0, 0.1) is 0 Å². The maximum absolute atomic E-state index is 5.17. The molecule has 0 aliphatic carbocycles. The lowest BCUT2D eigenvalue weighted by molar-refractivity contribution is 0.696. The zero-order chi connectivity index (χ0) is 5.54. The summed E-state index contributed by atoms with van der Waals surface area (Å²) in [6, 6.07) is 0. The molecule has 0 aliphatic rings. The van der Waals surface area contributed by atoms with Gasteiger partial charge in [-0.25, -0.2) is 0 Å². The van der Waals surface area contributed by atoms with E-state index in [1.807, 2.05) is 0 Å². The molecular formula is C4H17I4N3. The van der Waals surface area contributed by atoms with Crippen molar-refractivity contribution in [1.29, 1.82) is 0 Å². The number of nitrogens with one attached hydrogen (secondary N) is 1. The highest BCUT2D eigenvalue weighted by atomic mass is 127. The lowest BCUT2D eigenvalue weighted by Gasteiger charge is -1.95. The van der Waals surface area contributed by atoms with Crippen LogP contribution in [0.15, 0.2) is 0 Å². The Morgan fingerprint density at radius 1 is 0.727 bits per heavy atom. The van der Waals surface area contributed by atoms with E-state index >= 15 is 0 Å². The Balaban J connectivity index is -0.0000000300. The first-order chi connectivity index (χ1) is 3.41. The van der Waals surface area contributed by atoms with E-state index in [0.717, 1.165) is 13.1 Å². The third-order valence-corrected chi connectivity index (χ3v) is 0.642. The Hall–Kier alpha value is 2.80. The summed E-state index contributed by atoms with van der Waals surface area (Å²) >= 11 is 0. The van der Waals surface area contributed by atoms with Crippen molar-refractivity contribution in [3.8, 4) is 0 Å². The molecule has 0 radical (unpaired) electrons. The molecule has 0 spiro atoms. The number of halogens is 4. The average Bonchev–Trinajstić information content (AvgIpc) is 1.69. The molecule has 0 atom stereocenters. The predicted octanol–water partition coefficient (Wildman–Crippen LogP) is 0.965. The molecule has 0 fully saturated rings. The fourth-order valence-corrected chi connectivity index (χ4v) is 0.329. The largest absolute Gasteiger partial charge is 0.329 e. The van der Waals surface area contributed by atoms with Crippen LogP contribution < -0.4 is 16.8 Å². The lowest BCUT2D eigenvalue weighted by atomic mass is 10.6. The van der Waals surface area contributed by atoms with Gasteiger partial charge in [-0.2, -0.15) is 0 Å². The minimum absolute atomic E-state index is 0. The zero-order valence-corrected chi connectivity index (χ0v) is 15.4. The SMILES string of the molecule is I.I.I.I.NCCNCCN. The topological polar surface area (TPSA) is 64.1 Å². The van der Waals surface area contributed by atoms with Crippen molar-refractivity contribution in [3.63, 3.8) is 0 Å². The van der Waals surface area contributed by atoms with E-state index < -0.39 is 0 Å². The molecule has 0 heterocycles. The smallest absolute Gasteiger partial charge is 0.00750 e. The molecule has 0 aromatic carbocycles. The van der Waals surface area contributed by atoms with E-state index in [4.69, 9.17) is 11.5 Å². The summed E-state index contributed by atoms with van der Waals surface area (Å²) < 4.78 is 0. The van der Waals surface area contributed by atoms with E-state index in [1.165, 1.54) is 0 Å². The van der Waals surface area contributed by atoms with E-state index in [1.54, 1.807) is 0 Å². The summed E-state index contributed by atoms with van der Waals surface area (Å²) in [6.45, 7) is 3.13. The van der Waals surface area contributed by atoms with Crippen LogP contribution in [0.2, 0.25) is 0 Å². The molecular weight excluding hydrogens is 598 g/mol. The van der Waals surface area contributed by atoms with Gasteiger partial charge in [0.05, 0.1) is 0 Å². The number of rotatable bonds is 4. The average molecular weight is 615 g/mol. The van der Waals surface area contributed by atoms with E-state index in [9.17, 15) is 0 Å². The molecule has 0 amide bonds. The maximum atomic E-state index is 5.17. The van der Waals surface area contributed by atoms with Gasteiger partial charge >= 0.3 is 0 Å². The fraction of sp³-hybridized carbons (Fsp3) is 1.00. The minimum atomic E-state index is 0. The second-order valence-electron chi connectivity index (χ2n) is 1.33. The molecule has 3 nitrogen and oxygen atoms in total. The van der Waals surface area contributed by atoms with Gasteiger partial charge < -0.3 is 16.8 Å². The van der Waals surface area contributed by atoms with E-state index in [-0.39, 0.29) is 95.9 Å². The Morgan fingerprint density at radius 3 is 1.18 bits per heavy atom. The number of hydrogen-bond acceptors (Lipinski definition) is 3. The van der Waals surface area contributed by atoms with Crippen molar-refractivity contribution < 1.29 is 0 Å². The van der Waals surface area contributed by atoms with Crippen molar-refractivity contribution in [3.05, 3.63) is 0 Å². The van der Waals surface area contributed by atoms with Crippen molar-refractivity contribution in [2.45, 2.75) is 0 Å². The van der Waals surface area contributed by atoms with Crippen molar-refractivity contribution in [1.82, 2.24) is 5.32 Å². The normalized spacial score (nSPS) is 6.00. The first-order valence-electron chi connectivity index (χ1n) is 2.52. The molecule has 0 saturated carbocycles. The summed E-state index contributed by atoms with van der Waals surface area (Å²) in [5.41, 5.74) is 10.3. The first kappa shape index (κ1) is 29.2. The van der Waals surface area contributed by atoms with Crippen LogP contribution in [0.3, 0.4) is 0 Å². The van der Waals surface area contributed by atoms with E-state index in [2.05, 4.69) is 5.32 Å². The molecule has 0 rings (SSSR count). The Bertz CT molecular complexity index is 36.5. The van der Waals surface area contributed by atoms with Crippen molar-refractivity contribution in [2.75, 3.05) is 26.2 Å². The van der Waals surface area contributed by atoms with Gasteiger partial charge in [-0.1, -0.05) is 0 Å². The van der Waals surface area contributed by atoms with Crippen molar-refractivity contribution >= 4 is 95.9 Å². The molecule has 0 aromatic rings. The monoisotopic (exact) mass is 615 g/mol. The minimum Gasteiger partial charge on any atom is -0.329 e. The number of hydrogen-bond donors (Lipinski definition) is 3. The quantitative estimate of drug-likeness (QED) is 0.327. The van der Waals surface area contributed by atoms with Crippen LogP contribution in [-0.4, -0.2) is 26.2 Å². The van der Waals surface area contributed by atoms with E-state index in [0.29, 0.717) is 13.1 Å². The molecule has 0 aromatic heterocycles. The zero-order valence-electron chi connectivity index (χ0n) is 6.12. The van der Waals surface area contributed by atoms with Gasteiger partial charge in [-0.05, 0) is 0 Å². The van der Waals surface area contributed by atoms with Gasteiger partial charge in [0, 0.05) is 26.2 Å². The Labute approximate surface area is 137 Å². The molecule has 11 heavy (non-hydrogen) atoms. The van der Waals surface area contributed by atoms with Crippen LogP contribution in [0.5, 0.6) is 0 Å². The maximum Gasteiger partial charge on any atom is 0.00750 e. The molecule has 0 aliphatic heterocycles. The second-order valence-corrected chi connectivity index (χ2v) is 1.33. The highest BCUT2D eigenvalue weighted by Crippen LogP contribution is 1.49. The van der Waals surface area contributed by atoms with Crippen LogP contribution in [0.25, 0.3) is 0 Å². The molecule has 0 saturated heterocycles. The molecule has 7 heteroatoms. The summed E-state index contributed by atoms with van der Waals surface area (Å²) in [5.74, 6) is 0. The second kappa shape index (κ2) is 29.3. The van der Waals surface area contributed by atoms with Gasteiger partial charge in [0.2, 0.25) is 0 Å². The first-order valence-corrected chi connectivity index (χ1v) is 2.52. The molecule has 0 bridgehead atoms. The molecule has 76 valence electrons. The van der Waals surface area contributed by atoms with Gasteiger partial charge in [-0.3, -0.25) is 0 Å². The summed E-state index contributed by atoms with van der Waals surface area (Å²) in [5, 5.41) is 3.03. The third-order valence-electron chi connectivity index (χ3n) is 0.642. The highest BCUT2D eigenvalue weighted by Gasteiger charge is 1.76. The highest BCUT2D eigenvalue weighted by molar-refractivity contribution is 14.0. The molecule has 5 N–H and O–H groups in total. The summed E-state index contributed by atoms with van der Waals surface area (Å²) in [7, 11) is 0. The Kier molecular flexibility index (Phi) is 77.8. The fourth-order valence-electron chi connectivity index (χ4n) is 0.329.